The lowest BCUT2D eigenvalue weighted by Crippen LogP contribution is -2.67. The third-order valence-electron chi connectivity index (χ3n) is 6.46. The van der Waals surface area contributed by atoms with Crippen LogP contribution in [0.15, 0.2) is 0 Å². The summed E-state index contributed by atoms with van der Waals surface area (Å²) in [6, 6.07) is 1.43. The Balaban J connectivity index is 1.52. The average molecular weight is 280 g/mol. The Labute approximate surface area is 124 Å². The van der Waals surface area contributed by atoms with Gasteiger partial charge in [0.15, 0.2) is 0 Å². The zero-order valence-corrected chi connectivity index (χ0v) is 13.5. The molecule has 0 aromatic rings. The van der Waals surface area contributed by atoms with E-state index in [9.17, 15) is 0 Å². The molecule has 0 bridgehead atoms. The predicted octanol–water partition coefficient (Wildman–Crippen LogP) is 2.65. The predicted molar refractivity (Wildman–Crippen MR) is 82.9 cm³/mol. The number of hydrogen-bond acceptors (Lipinski definition) is 3. The summed E-state index contributed by atoms with van der Waals surface area (Å²) in [7, 11) is 2.25. The van der Waals surface area contributed by atoms with Gasteiger partial charge in [-0.2, -0.15) is 0 Å². The summed E-state index contributed by atoms with van der Waals surface area (Å²) in [5.74, 6) is 0.807. The lowest BCUT2D eigenvalue weighted by molar-refractivity contribution is -0.130. The highest BCUT2D eigenvalue weighted by atomic mass is 16.5. The average Bonchev–Trinajstić information content (AvgIpc) is 3.10. The van der Waals surface area contributed by atoms with Gasteiger partial charge in [-0.15, -0.1) is 0 Å². The van der Waals surface area contributed by atoms with Crippen LogP contribution in [0.2, 0.25) is 0 Å². The fourth-order valence-electron chi connectivity index (χ4n) is 4.94. The maximum absolute atomic E-state index is 6.05. The summed E-state index contributed by atoms with van der Waals surface area (Å²) in [5.41, 5.74) is 0.510. The largest absolute Gasteiger partial charge is 0.377 e. The molecule has 1 heterocycles. The maximum atomic E-state index is 6.05. The van der Waals surface area contributed by atoms with Gasteiger partial charge < -0.3 is 15.0 Å². The van der Waals surface area contributed by atoms with Crippen LogP contribution < -0.4 is 5.32 Å². The Bertz CT molecular complexity index is 327. The van der Waals surface area contributed by atoms with Gasteiger partial charge in [-0.05, 0) is 39.7 Å². The molecule has 2 aliphatic carbocycles. The Morgan fingerprint density at radius 3 is 2.80 bits per heavy atom. The third-order valence-corrected chi connectivity index (χ3v) is 6.46. The Hall–Kier alpha value is -0.120. The van der Waals surface area contributed by atoms with Crippen molar-refractivity contribution in [1.82, 2.24) is 10.2 Å². The van der Waals surface area contributed by atoms with E-state index in [1.54, 1.807) is 0 Å². The molecule has 0 aromatic heterocycles. The van der Waals surface area contributed by atoms with Crippen LogP contribution in [-0.4, -0.2) is 49.8 Å². The number of nitrogens with one attached hydrogen (secondary N) is 1. The summed E-state index contributed by atoms with van der Waals surface area (Å²) in [4.78, 5) is 2.48. The molecule has 4 unspecified atom stereocenters. The molecule has 4 atom stereocenters. The number of ether oxygens (including phenoxy) is 1. The quantitative estimate of drug-likeness (QED) is 0.809. The molecule has 1 spiro atoms. The second-order valence-electron chi connectivity index (χ2n) is 7.35. The topological polar surface area (TPSA) is 24.5 Å². The first-order valence-corrected chi connectivity index (χ1v) is 8.74. The van der Waals surface area contributed by atoms with Crippen molar-refractivity contribution >= 4 is 0 Å². The third kappa shape index (κ3) is 2.32. The Kier molecular flexibility index (Phi) is 4.40. The zero-order valence-electron chi connectivity index (χ0n) is 13.5. The van der Waals surface area contributed by atoms with Gasteiger partial charge in [-0.25, -0.2) is 0 Å². The van der Waals surface area contributed by atoms with Crippen LogP contribution in [0.1, 0.15) is 52.4 Å². The normalized spacial score (nSPS) is 36.3. The van der Waals surface area contributed by atoms with Crippen molar-refractivity contribution in [3.8, 4) is 0 Å². The lowest BCUT2D eigenvalue weighted by Gasteiger charge is -2.57. The summed E-state index contributed by atoms with van der Waals surface area (Å²) >= 11 is 0. The number of fused-ring (bicyclic) bond motifs is 2. The van der Waals surface area contributed by atoms with Crippen LogP contribution in [0.4, 0.5) is 0 Å². The molecule has 0 aromatic carbocycles. The summed E-state index contributed by atoms with van der Waals surface area (Å²) < 4.78 is 6.05. The monoisotopic (exact) mass is 280 g/mol. The van der Waals surface area contributed by atoms with E-state index in [-0.39, 0.29) is 0 Å². The van der Waals surface area contributed by atoms with Crippen LogP contribution in [0.25, 0.3) is 0 Å². The molecule has 1 saturated heterocycles. The van der Waals surface area contributed by atoms with Crippen LogP contribution in [0, 0.1) is 11.3 Å². The van der Waals surface area contributed by atoms with Gasteiger partial charge in [0.1, 0.15) is 0 Å². The van der Waals surface area contributed by atoms with Crippen LogP contribution in [-0.2, 0) is 4.74 Å². The highest BCUT2D eigenvalue weighted by Crippen LogP contribution is 2.60. The van der Waals surface area contributed by atoms with E-state index in [4.69, 9.17) is 4.74 Å². The van der Waals surface area contributed by atoms with Gasteiger partial charge in [0.05, 0.1) is 6.10 Å². The van der Waals surface area contributed by atoms with Crippen molar-refractivity contribution in [3.63, 3.8) is 0 Å². The standard InChI is InChI=1S/C17H32N2O/c1-4-13(2)19(3)11-10-18-15-14-7-12-20-16(14)17(15)8-5-6-9-17/h13-16,18H,4-12H2,1-3H3. The van der Waals surface area contributed by atoms with Gasteiger partial charge in [-0.3, -0.25) is 0 Å². The minimum absolute atomic E-state index is 0.510. The fraction of sp³-hybridized carbons (Fsp3) is 1.00. The van der Waals surface area contributed by atoms with Crippen molar-refractivity contribution in [1.29, 1.82) is 0 Å². The van der Waals surface area contributed by atoms with Gasteiger partial charge in [0, 0.05) is 43.1 Å². The van der Waals surface area contributed by atoms with Gasteiger partial charge >= 0.3 is 0 Å². The van der Waals surface area contributed by atoms with E-state index >= 15 is 0 Å². The molecule has 3 aliphatic rings. The molecule has 0 amide bonds. The van der Waals surface area contributed by atoms with Crippen LogP contribution in [0.5, 0.6) is 0 Å². The van der Waals surface area contributed by atoms with E-state index < -0.39 is 0 Å². The highest BCUT2D eigenvalue weighted by Gasteiger charge is 2.64. The molecule has 116 valence electrons. The zero-order chi connectivity index (χ0) is 14.2. The second kappa shape index (κ2) is 5.94. The van der Waals surface area contributed by atoms with Gasteiger partial charge in [-0.1, -0.05) is 19.8 Å². The van der Waals surface area contributed by atoms with E-state index in [0.717, 1.165) is 25.1 Å². The molecule has 3 heteroatoms. The van der Waals surface area contributed by atoms with Crippen molar-refractivity contribution in [2.45, 2.75) is 70.6 Å². The van der Waals surface area contributed by atoms with E-state index in [1.807, 2.05) is 0 Å². The van der Waals surface area contributed by atoms with Crippen LogP contribution in [0.3, 0.4) is 0 Å². The summed E-state index contributed by atoms with van der Waals surface area (Å²) in [6.45, 7) is 7.90. The molecule has 3 nitrogen and oxygen atoms in total. The smallest absolute Gasteiger partial charge is 0.0690 e. The molecule has 20 heavy (non-hydrogen) atoms. The Morgan fingerprint density at radius 2 is 2.10 bits per heavy atom. The molecule has 2 saturated carbocycles. The summed E-state index contributed by atoms with van der Waals surface area (Å²) in [5, 5.41) is 3.91. The minimum Gasteiger partial charge on any atom is -0.377 e. The molecule has 0 radical (unpaired) electrons. The Morgan fingerprint density at radius 1 is 1.35 bits per heavy atom. The SMILES string of the molecule is CCC(C)N(C)CCNC1C2CCOC2C12CCCC2. The first-order chi connectivity index (χ1) is 9.69. The van der Waals surface area contributed by atoms with Gasteiger partial charge in [0.25, 0.3) is 0 Å². The van der Waals surface area contributed by atoms with Crippen molar-refractivity contribution in [3.05, 3.63) is 0 Å². The lowest BCUT2D eigenvalue weighted by atomic mass is 9.54. The molecular formula is C17H32N2O. The maximum Gasteiger partial charge on any atom is 0.0690 e. The van der Waals surface area contributed by atoms with Crippen molar-refractivity contribution in [2.75, 3.05) is 26.7 Å². The van der Waals surface area contributed by atoms with E-state index in [2.05, 4.69) is 31.1 Å². The fourth-order valence-corrected chi connectivity index (χ4v) is 4.94. The van der Waals surface area contributed by atoms with E-state index in [1.165, 1.54) is 45.1 Å². The summed E-state index contributed by atoms with van der Waals surface area (Å²) in [6.07, 6.45) is 8.73. The molecular weight excluding hydrogens is 248 g/mol. The highest BCUT2D eigenvalue weighted by molar-refractivity contribution is 5.16. The molecule has 3 fully saturated rings. The first kappa shape index (κ1) is 14.8. The van der Waals surface area contributed by atoms with Crippen molar-refractivity contribution in [2.24, 2.45) is 11.3 Å². The number of nitrogens with zero attached hydrogens (tertiary/aromatic N) is 1. The molecule has 3 rings (SSSR count). The minimum atomic E-state index is 0.510. The van der Waals surface area contributed by atoms with Crippen molar-refractivity contribution < 1.29 is 4.74 Å². The second-order valence-corrected chi connectivity index (χ2v) is 7.35. The first-order valence-electron chi connectivity index (χ1n) is 8.74. The molecule has 1 aliphatic heterocycles. The number of likely N-dealkylation sites (N-methyl/N-ethyl adjacent to an activating group) is 1. The van der Waals surface area contributed by atoms with E-state index in [0.29, 0.717) is 17.6 Å². The van der Waals surface area contributed by atoms with Gasteiger partial charge in [0.2, 0.25) is 0 Å². The molecule has 1 N–H and O–H groups in total. The number of hydrogen-bond donors (Lipinski definition) is 1. The number of rotatable bonds is 6. The van der Waals surface area contributed by atoms with Crippen LogP contribution >= 0.6 is 0 Å².